The Labute approximate surface area is 59.5 Å². The zero-order chi connectivity index (χ0) is 6.08. The van der Waals surface area contributed by atoms with Crippen LogP contribution in [0.25, 0.3) is 0 Å². The van der Waals surface area contributed by atoms with Gasteiger partial charge in [0.05, 0.1) is 0 Å². The zero-order valence-corrected chi connectivity index (χ0v) is 7.63. The second-order valence-electron chi connectivity index (χ2n) is 1.87. The molecule has 0 aliphatic heterocycles. The average molecular weight is 181 g/mol. The van der Waals surface area contributed by atoms with Crippen molar-refractivity contribution in [3.05, 3.63) is 0 Å². The summed E-state index contributed by atoms with van der Waals surface area (Å²) in [5, 5.41) is 0. The Balaban J connectivity index is 3.54. The Morgan fingerprint density at radius 2 is 1.43 bits per heavy atom. The summed E-state index contributed by atoms with van der Waals surface area (Å²) in [6.45, 7) is 2.00. The maximum absolute atomic E-state index is 5.67. The summed E-state index contributed by atoms with van der Waals surface area (Å²) >= 11 is 16.7. The second kappa shape index (κ2) is 2.73. The molecule has 0 atom stereocenters. The van der Waals surface area contributed by atoms with E-state index in [1.54, 1.807) is 0 Å². The Morgan fingerprint density at radius 1 is 1.29 bits per heavy atom. The van der Waals surface area contributed by atoms with Gasteiger partial charge >= 0.3 is 59.2 Å². The minimum atomic E-state index is -1.65. The molecule has 0 aromatic carbocycles. The monoisotopic (exact) mass is 180 g/mol. The van der Waals surface area contributed by atoms with E-state index in [9.17, 15) is 0 Å². The van der Waals surface area contributed by atoms with Crippen molar-refractivity contribution >= 4 is 40.7 Å². The van der Waals surface area contributed by atoms with Crippen molar-refractivity contribution in [2.24, 2.45) is 0 Å². The molecule has 0 N–H and O–H groups in total. The molecule has 0 saturated heterocycles. The third-order valence-electron chi connectivity index (χ3n) is 0.519. The Kier molecular flexibility index (Phi) is 3.24. The van der Waals surface area contributed by atoms with E-state index in [4.69, 9.17) is 34.1 Å². The van der Waals surface area contributed by atoms with Crippen molar-refractivity contribution in [2.75, 3.05) is 0 Å². The molecule has 0 bridgehead atoms. The van der Waals surface area contributed by atoms with Crippen molar-refractivity contribution in [2.45, 2.75) is 18.5 Å². The zero-order valence-electron chi connectivity index (χ0n) is 4.21. The number of halogens is 3. The van der Waals surface area contributed by atoms with Crippen molar-refractivity contribution in [1.82, 2.24) is 0 Å². The van der Waals surface area contributed by atoms with Crippen LogP contribution < -0.4 is 0 Å². The molecule has 0 spiro atoms. The second-order valence-corrected chi connectivity index (χ2v) is 8.54. The van der Waals surface area contributed by atoms with Gasteiger partial charge in [0.2, 0.25) is 0 Å². The van der Waals surface area contributed by atoms with Crippen LogP contribution in [-0.2, 0) is 0 Å². The van der Waals surface area contributed by atoms with Gasteiger partial charge in [0.1, 0.15) is 0 Å². The quantitative estimate of drug-likeness (QED) is 0.430. The van der Waals surface area contributed by atoms with E-state index < -0.39 is 6.63 Å². The summed E-state index contributed by atoms with van der Waals surface area (Å²) in [7, 11) is 0. The van der Waals surface area contributed by atoms with Crippen LogP contribution in [0.4, 0.5) is 0 Å². The fourth-order valence-electron chi connectivity index (χ4n) is 0. The predicted molar refractivity (Wildman–Crippen MR) is 41.3 cm³/mol. The van der Waals surface area contributed by atoms with E-state index in [1.807, 2.05) is 13.8 Å². The standard InChI is InChI=1S/C3H8Cl3P/c1-3(2,4)7(5)6/h7H2,1-2H3. The van der Waals surface area contributed by atoms with E-state index in [-0.39, 0.29) is 4.62 Å². The minimum absolute atomic E-state index is 0.358. The fraction of sp³-hybridized carbons (Fsp3) is 1.00. The van der Waals surface area contributed by atoms with Gasteiger partial charge in [-0.2, -0.15) is 0 Å². The van der Waals surface area contributed by atoms with E-state index in [0.29, 0.717) is 0 Å². The van der Waals surface area contributed by atoms with Crippen molar-refractivity contribution in [3.8, 4) is 0 Å². The Hall–Kier alpha value is 1.30. The first kappa shape index (κ1) is 8.30. The summed E-state index contributed by atoms with van der Waals surface area (Å²) in [6, 6.07) is 0. The first-order chi connectivity index (χ1) is 2.94. The maximum atomic E-state index is 5.67. The molecule has 0 aromatic heterocycles. The van der Waals surface area contributed by atoms with Gasteiger partial charge in [-0.1, -0.05) is 0 Å². The first-order valence-electron chi connectivity index (χ1n) is 1.91. The van der Waals surface area contributed by atoms with Crippen molar-refractivity contribution < 1.29 is 0 Å². The van der Waals surface area contributed by atoms with Crippen LogP contribution >= 0.6 is 40.7 Å². The normalized spacial score (nSPS) is 14.1. The summed E-state index contributed by atoms with van der Waals surface area (Å²) < 4.78 is -0.358. The molecule has 0 amide bonds. The molecule has 0 nitrogen and oxygen atoms in total. The fourth-order valence-corrected chi connectivity index (χ4v) is 0. The average Bonchev–Trinajstić information content (AvgIpc) is 1.31. The van der Waals surface area contributed by atoms with Crippen LogP contribution in [-0.4, -0.2) is 4.62 Å². The topological polar surface area (TPSA) is 0 Å². The molecule has 0 fully saturated rings. The van der Waals surface area contributed by atoms with E-state index in [1.165, 1.54) is 0 Å². The van der Waals surface area contributed by atoms with Crippen LogP contribution in [0, 0.1) is 0 Å². The van der Waals surface area contributed by atoms with Gasteiger partial charge in [-0.05, 0) is 0 Å². The summed E-state index contributed by atoms with van der Waals surface area (Å²) in [5.41, 5.74) is 0. The number of hydrogen-bond acceptors (Lipinski definition) is 0. The Morgan fingerprint density at radius 3 is 1.43 bits per heavy atom. The van der Waals surface area contributed by atoms with E-state index >= 15 is 0 Å². The molecule has 0 aliphatic rings. The molecule has 4 heteroatoms. The van der Waals surface area contributed by atoms with Crippen LogP contribution in [0.15, 0.2) is 0 Å². The Bertz CT molecular complexity index is 55.7. The predicted octanol–water partition coefficient (Wildman–Crippen LogP) is 3.22. The van der Waals surface area contributed by atoms with E-state index in [0.717, 1.165) is 0 Å². The third kappa shape index (κ3) is 3.85. The summed E-state index contributed by atoms with van der Waals surface area (Å²) in [4.78, 5) is 0. The van der Waals surface area contributed by atoms with Gasteiger partial charge in [0, 0.05) is 0 Å². The molecule has 0 heterocycles. The first-order valence-corrected chi connectivity index (χ1v) is 6.36. The van der Waals surface area contributed by atoms with Gasteiger partial charge in [-0.3, -0.25) is 0 Å². The molecular weight excluding hydrogens is 173 g/mol. The van der Waals surface area contributed by atoms with Crippen molar-refractivity contribution in [1.29, 1.82) is 0 Å². The summed E-state index contributed by atoms with van der Waals surface area (Å²) in [5.74, 6) is 0. The van der Waals surface area contributed by atoms with Gasteiger partial charge in [0.25, 0.3) is 0 Å². The van der Waals surface area contributed by atoms with Crippen molar-refractivity contribution in [3.63, 3.8) is 0 Å². The SMILES string of the molecule is CC(C)(Cl)[PH2](Cl)Cl. The molecular formula is C3H8Cl3P. The van der Waals surface area contributed by atoms with Gasteiger partial charge in [-0.25, -0.2) is 0 Å². The molecule has 0 unspecified atom stereocenters. The van der Waals surface area contributed by atoms with Gasteiger partial charge < -0.3 is 0 Å². The molecule has 0 aromatic rings. The molecule has 0 rings (SSSR count). The van der Waals surface area contributed by atoms with E-state index in [2.05, 4.69) is 0 Å². The molecule has 0 radical (unpaired) electrons. The molecule has 0 saturated carbocycles. The number of alkyl halides is 1. The third-order valence-corrected chi connectivity index (χ3v) is 6.15. The van der Waals surface area contributed by atoms with Crippen LogP contribution in [0.5, 0.6) is 0 Å². The van der Waals surface area contributed by atoms with Crippen LogP contribution in [0.1, 0.15) is 13.8 Å². The number of hydrogen-bond donors (Lipinski definition) is 0. The molecule has 7 heavy (non-hydrogen) atoms. The van der Waals surface area contributed by atoms with Crippen LogP contribution in [0.2, 0.25) is 0 Å². The molecule has 46 valence electrons. The number of rotatable bonds is 1. The van der Waals surface area contributed by atoms with Gasteiger partial charge in [-0.15, -0.1) is 0 Å². The van der Waals surface area contributed by atoms with Gasteiger partial charge in [0.15, 0.2) is 0 Å². The molecule has 0 aliphatic carbocycles. The summed E-state index contributed by atoms with van der Waals surface area (Å²) in [6.07, 6.45) is 0. The van der Waals surface area contributed by atoms with Crippen LogP contribution in [0.3, 0.4) is 0 Å².